The summed E-state index contributed by atoms with van der Waals surface area (Å²) in [5, 5.41) is 11.3. The Morgan fingerprint density at radius 2 is 1.48 bits per heavy atom. The third kappa shape index (κ3) is 6.50. The van der Waals surface area contributed by atoms with E-state index in [-0.39, 0.29) is 6.79 Å². The molecule has 1 aliphatic heterocycles. The van der Waals surface area contributed by atoms with E-state index in [1.54, 1.807) is 0 Å². The third-order valence-corrected chi connectivity index (χ3v) is 7.43. The van der Waals surface area contributed by atoms with Crippen LogP contribution in [0.5, 0.6) is 23.0 Å². The molecule has 5 aromatic rings. The molecule has 1 N–H and O–H groups in total. The predicted molar refractivity (Wildman–Crippen MR) is 162 cm³/mol. The zero-order chi connectivity index (χ0) is 28.7. The van der Waals surface area contributed by atoms with Crippen molar-refractivity contribution in [2.24, 2.45) is 0 Å². The molecular formula is C36H32O6. The first-order valence-electron chi connectivity index (χ1n) is 14.1. The minimum Gasteiger partial charge on any atom is -0.489 e. The predicted octanol–water partition coefficient (Wildman–Crippen LogP) is 7.38. The van der Waals surface area contributed by atoms with Crippen molar-refractivity contribution in [1.29, 1.82) is 0 Å². The van der Waals surface area contributed by atoms with Crippen LogP contribution in [0.25, 0.3) is 10.8 Å². The van der Waals surface area contributed by atoms with Crippen molar-refractivity contribution in [2.45, 2.75) is 32.3 Å². The molecule has 6 heteroatoms. The van der Waals surface area contributed by atoms with Crippen molar-refractivity contribution in [2.75, 3.05) is 13.4 Å². The molecule has 212 valence electrons. The molecule has 6 nitrogen and oxygen atoms in total. The molecule has 0 spiro atoms. The van der Waals surface area contributed by atoms with E-state index < -0.39 is 12.6 Å². The number of carboxylic acid groups (broad SMARTS) is 1. The Kier molecular flexibility index (Phi) is 8.22. The van der Waals surface area contributed by atoms with Gasteiger partial charge in [0.05, 0.1) is 0 Å². The Morgan fingerprint density at radius 3 is 2.26 bits per heavy atom. The second-order valence-electron chi connectivity index (χ2n) is 10.4. The smallest absolute Gasteiger partial charge is 0.341 e. The van der Waals surface area contributed by atoms with Gasteiger partial charge in [0.15, 0.2) is 18.1 Å². The van der Waals surface area contributed by atoms with Gasteiger partial charge in [-0.1, -0.05) is 72.8 Å². The minimum atomic E-state index is -1.01. The van der Waals surface area contributed by atoms with Crippen LogP contribution in [0.4, 0.5) is 0 Å². The lowest BCUT2D eigenvalue weighted by Gasteiger charge is -2.18. The molecule has 1 aliphatic rings. The molecule has 0 fully saturated rings. The monoisotopic (exact) mass is 560 g/mol. The lowest BCUT2D eigenvalue weighted by Crippen LogP contribution is -2.11. The molecular weight excluding hydrogens is 528 g/mol. The van der Waals surface area contributed by atoms with Crippen LogP contribution in [0.2, 0.25) is 0 Å². The zero-order valence-corrected chi connectivity index (χ0v) is 23.3. The summed E-state index contributed by atoms with van der Waals surface area (Å²) < 4.78 is 23.2. The maximum Gasteiger partial charge on any atom is 0.341 e. The number of fused-ring (bicyclic) bond motifs is 2. The fraction of sp³-hybridized carbons (Fsp3) is 0.194. The van der Waals surface area contributed by atoms with Crippen LogP contribution in [0, 0.1) is 0 Å². The normalized spacial score (nSPS) is 11.9. The van der Waals surface area contributed by atoms with Crippen molar-refractivity contribution < 1.29 is 28.8 Å². The van der Waals surface area contributed by atoms with Gasteiger partial charge in [0, 0.05) is 12.0 Å². The summed E-state index contributed by atoms with van der Waals surface area (Å²) in [7, 11) is 0. The van der Waals surface area contributed by atoms with E-state index in [0.717, 1.165) is 69.5 Å². The van der Waals surface area contributed by atoms with Crippen LogP contribution in [0.15, 0.2) is 103 Å². The van der Waals surface area contributed by atoms with Crippen molar-refractivity contribution in [3.05, 3.63) is 131 Å². The van der Waals surface area contributed by atoms with E-state index in [1.807, 2.05) is 54.6 Å². The van der Waals surface area contributed by atoms with Gasteiger partial charge in [-0.2, -0.15) is 0 Å². The molecule has 42 heavy (non-hydrogen) atoms. The number of hydrogen-bond donors (Lipinski definition) is 1. The molecule has 0 aliphatic carbocycles. The van der Waals surface area contributed by atoms with E-state index in [0.29, 0.717) is 18.8 Å². The molecule has 0 bridgehead atoms. The summed E-state index contributed by atoms with van der Waals surface area (Å²) in [5.74, 6) is 1.98. The highest BCUT2D eigenvalue weighted by Crippen LogP contribution is 2.36. The van der Waals surface area contributed by atoms with E-state index in [2.05, 4.69) is 48.5 Å². The van der Waals surface area contributed by atoms with Gasteiger partial charge >= 0.3 is 5.97 Å². The number of aliphatic carboxylic acids is 1. The van der Waals surface area contributed by atoms with Gasteiger partial charge in [0.1, 0.15) is 18.1 Å². The third-order valence-electron chi connectivity index (χ3n) is 7.43. The van der Waals surface area contributed by atoms with Crippen LogP contribution in [-0.4, -0.2) is 24.5 Å². The van der Waals surface area contributed by atoms with Crippen LogP contribution in [0.3, 0.4) is 0 Å². The molecule has 0 saturated heterocycles. The largest absolute Gasteiger partial charge is 0.489 e. The van der Waals surface area contributed by atoms with Crippen molar-refractivity contribution in [3.8, 4) is 23.0 Å². The average Bonchev–Trinajstić information content (AvgIpc) is 3.49. The summed E-state index contributed by atoms with van der Waals surface area (Å²) in [6.45, 7) is 0.320. The Labute approximate surface area is 245 Å². The Balaban J connectivity index is 1.33. The number of hydrogen-bond acceptors (Lipinski definition) is 5. The molecule has 0 radical (unpaired) electrons. The minimum absolute atomic E-state index is 0.271. The number of ether oxygens (including phenoxy) is 4. The molecule has 0 amide bonds. The topological polar surface area (TPSA) is 74.2 Å². The van der Waals surface area contributed by atoms with Crippen LogP contribution in [0.1, 0.15) is 34.2 Å². The number of rotatable bonds is 12. The van der Waals surface area contributed by atoms with Gasteiger partial charge in [0.25, 0.3) is 0 Å². The molecule has 1 heterocycles. The Bertz CT molecular complexity index is 1680. The van der Waals surface area contributed by atoms with Gasteiger partial charge in [-0.05, 0) is 82.6 Å². The van der Waals surface area contributed by atoms with Gasteiger partial charge < -0.3 is 24.1 Å². The highest BCUT2D eigenvalue weighted by molar-refractivity contribution is 5.90. The fourth-order valence-corrected chi connectivity index (χ4v) is 5.34. The van der Waals surface area contributed by atoms with E-state index in [1.165, 1.54) is 5.56 Å². The van der Waals surface area contributed by atoms with Gasteiger partial charge in [0.2, 0.25) is 6.79 Å². The summed E-state index contributed by atoms with van der Waals surface area (Å²) in [4.78, 5) is 11.3. The Hall–Kier alpha value is -4.97. The number of benzene rings is 5. The lowest BCUT2D eigenvalue weighted by molar-refractivity contribution is -0.139. The fourth-order valence-electron chi connectivity index (χ4n) is 5.34. The quantitative estimate of drug-likeness (QED) is 0.172. The van der Waals surface area contributed by atoms with Gasteiger partial charge in [-0.25, -0.2) is 4.79 Å². The number of carbonyl (C=O) groups is 1. The maximum atomic E-state index is 11.3. The van der Waals surface area contributed by atoms with E-state index >= 15 is 0 Å². The van der Waals surface area contributed by atoms with Crippen molar-refractivity contribution in [1.82, 2.24) is 0 Å². The number of aryl methyl sites for hydroxylation is 2. The van der Waals surface area contributed by atoms with Crippen LogP contribution in [-0.2, 0) is 30.7 Å². The molecule has 0 atom stereocenters. The summed E-state index contributed by atoms with van der Waals surface area (Å²) in [5.41, 5.74) is 5.48. The standard InChI is InChI=1S/C36H32O6/c37-36(38)23-40-32-17-15-28-20-29(13-7-12-26-14-16-33-35(19-26)42-24-41-33)34(39-22-27-10-5-2-6-11-27)21-30(28)31(32)18-25-8-3-1-4-9-25/h1-6,8-11,14-17,19-21H,7,12-13,18,22-24H2,(H,37,38). The van der Waals surface area contributed by atoms with Crippen molar-refractivity contribution >= 4 is 16.7 Å². The first-order chi connectivity index (χ1) is 20.6. The molecule has 5 aromatic carbocycles. The molecule has 0 unspecified atom stereocenters. The second-order valence-corrected chi connectivity index (χ2v) is 10.4. The maximum absolute atomic E-state index is 11.3. The zero-order valence-electron chi connectivity index (χ0n) is 23.3. The summed E-state index contributed by atoms with van der Waals surface area (Å²) in [6.07, 6.45) is 3.27. The van der Waals surface area contributed by atoms with Crippen LogP contribution < -0.4 is 18.9 Å². The lowest BCUT2D eigenvalue weighted by atomic mass is 9.94. The average molecular weight is 561 g/mol. The molecule has 0 aromatic heterocycles. The van der Waals surface area contributed by atoms with Crippen LogP contribution >= 0.6 is 0 Å². The summed E-state index contributed by atoms with van der Waals surface area (Å²) in [6, 6.07) is 34.6. The first kappa shape index (κ1) is 27.2. The SMILES string of the molecule is O=C(O)COc1ccc2cc(CCCc3ccc4c(c3)OCO4)c(OCc3ccccc3)cc2c1Cc1ccccc1. The highest BCUT2D eigenvalue weighted by Gasteiger charge is 2.16. The van der Waals surface area contributed by atoms with E-state index in [4.69, 9.17) is 18.9 Å². The Morgan fingerprint density at radius 1 is 0.714 bits per heavy atom. The van der Waals surface area contributed by atoms with Gasteiger partial charge in [-0.15, -0.1) is 0 Å². The first-order valence-corrected chi connectivity index (χ1v) is 14.1. The highest BCUT2D eigenvalue weighted by atomic mass is 16.7. The van der Waals surface area contributed by atoms with E-state index in [9.17, 15) is 9.90 Å². The molecule has 0 saturated carbocycles. The second kappa shape index (κ2) is 12.7. The molecule has 6 rings (SSSR count). The number of carboxylic acids is 1. The summed E-state index contributed by atoms with van der Waals surface area (Å²) >= 11 is 0. The van der Waals surface area contributed by atoms with Crippen molar-refractivity contribution in [3.63, 3.8) is 0 Å². The van der Waals surface area contributed by atoms with Gasteiger partial charge in [-0.3, -0.25) is 0 Å².